The van der Waals surface area contributed by atoms with E-state index in [1.165, 1.54) is 15.6 Å². The number of hydrogen-bond acceptors (Lipinski definition) is 5. The zero-order valence-electron chi connectivity index (χ0n) is 12.3. The summed E-state index contributed by atoms with van der Waals surface area (Å²) >= 11 is 1.47. The lowest BCUT2D eigenvalue weighted by atomic mass is 10.3. The van der Waals surface area contributed by atoms with E-state index in [-0.39, 0.29) is 19.0 Å². The summed E-state index contributed by atoms with van der Waals surface area (Å²) in [4.78, 5) is 0.874. The number of rotatable bonds is 8. The van der Waals surface area contributed by atoms with Crippen molar-refractivity contribution in [1.82, 2.24) is 4.31 Å². The Morgan fingerprint density at radius 3 is 2.90 bits per heavy atom. The average molecular weight is 331 g/mol. The molecule has 0 aliphatic heterocycles. The molecule has 0 saturated heterocycles. The van der Waals surface area contributed by atoms with Gasteiger partial charge in [0.1, 0.15) is 0 Å². The molecule has 0 aromatic carbocycles. The van der Waals surface area contributed by atoms with Crippen molar-refractivity contribution in [3.63, 3.8) is 0 Å². The number of hydrogen-bond donors (Lipinski definition) is 1. The Hall–Kier alpha value is -0.910. The van der Waals surface area contributed by atoms with Crippen molar-refractivity contribution in [2.45, 2.75) is 19.9 Å². The molecule has 7 heteroatoms. The third kappa shape index (κ3) is 6.59. The molecule has 0 amide bonds. The second-order valence-electron chi connectivity index (χ2n) is 4.36. The minimum absolute atomic E-state index is 0.00929. The summed E-state index contributed by atoms with van der Waals surface area (Å²) in [6.45, 7) is 2.93. The summed E-state index contributed by atoms with van der Waals surface area (Å²) in [6, 6.07) is 1.88. The molecule has 0 aliphatic rings. The molecule has 21 heavy (non-hydrogen) atoms. The third-order valence-electron chi connectivity index (χ3n) is 2.67. The number of aliphatic hydroxyl groups excluding tert-OH is 1. The van der Waals surface area contributed by atoms with Crippen LogP contribution in [0.15, 0.2) is 11.4 Å². The summed E-state index contributed by atoms with van der Waals surface area (Å²) < 4.78 is 30.5. The topological polar surface area (TPSA) is 66.8 Å². The Bertz CT molecular complexity index is 584. The molecule has 0 aliphatic carbocycles. The van der Waals surface area contributed by atoms with Gasteiger partial charge in [-0.05, 0) is 23.9 Å². The molecule has 0 spiro atoms. The highest BCUT2D eigenvalue weighted by Crippen LogP contribution is 2.16. The molecule has 0 saturated carbocycles. The van der Waals surface area contributed by atoms with Gasteiger partial charge in [-0.2, -0.15) is 0 Å². The van der Waals surface area contributed by atoms with Gasteiger partial charge < -0.3 is 9.84 Å². The molecule has 1 aromatic rings. The normalized spacial score (nSPS) is 11.4. The van der Waals surface area contributed by atoms with Crippen molar-refractivity contribution < 1.29 is 18.3 Å². The maximum Gasteiger partial charge on any atom is 0.216 e. The van der Waals surface area contributed by atoms with Gasteiger partial charge in [0.25, 0.3) is 0 Å². The molecule has 1 rings (SSSR count). The summed E-state index contributed by atoms with van der Waals surface area (Å²) in [5, 5.41) is 10.6. The fourth-order valence-corrected chi connectivity index (χ4v) is 3.31. The average Bonchev–Trinajstić information content (AvgIpc) is 2.87. The van der Waals surface area contributed by atoms with Gasteiger partial charge in [0.05, 0.1) is 23.8 Å². The minimum Gasteiger partial charge on any atom is -0.395 e. The standard InChI is InChI=1S/C14H21NO4S2/c1-3-19-8-9-21(17,18)15(2)11-13-10-14(20-12-13)6-4-5-7-16/h10,12,16H,3,5,7-9,11H2,1-2H3. The van der Waals surface area contributed by atoms with Crippen LogP contribution in [0.2, 0.25) is 0 Å². The first-order chi connectivity index (χ1) is 9.99. The minimum atomic E-state index is -3.30. The summed E-state index contributed by atoms with van der Waals surface area (Å²) in [7, 11) is -1.73. The van der Waals surface area contributed by atoms with Gasteiger partial charge in [-0.25, -0.2) is 12.7 Å². The SMILES string of the molecule is CCOCCS(=O)(=O)N(C)Cc1csc(C#CCCO)c1. The summed E-state index contributed by atoms with van der Waals surface area (Å²) in [5.74, 6) is 5.78. The lowest BCUT2D eigenvalue weighted by molar-refractivity contribution is 0.162. The van der Waals surface area contributed by atoms with Gasteiger partial charge in [0.15, 0.2) is 0 Å². The van der Waals surface area contributed by atoms with Crippen LogP contribution in [-0.2, 0) is 21.3 Å². The van der Waals surface area contributed by atoms with Gasteiger partial charge >= 0.3 is 0 Å². The fourth-order valence-electron chi connectivity index (χ4n) is 1.55. The predicted molar refractivity (Wildman–Crippen MR) is 84.6 cm³/mol. The van der Waals surface area contributed by atoms with Gasteiger partial charge in [-0.15, -0.1) is 11.3 Å². The van der Waals surface area contributed by atoms with Crippen molar-refractivity contribution in [1.29, 1.82) is 0 Å². The number of ether oxygens (including phenoxy) is 1. The van der Waals surface area contributed by atoms with Gasteiger partial charge in [-0.1, -0.05) is 11.8 Å². The number of thiophene rings is 1. The van der Waals surface area contributed by atoms with Crippen LogP contribution in [-0.4, -0.2) is 50.5 Å². The van der Waals surface area contributed by atoms with Crippen LogP contribution in [0.5, 0.6) is 0 Å². The Balaban J connectivity index is 2.58. The lowest BCUT2D eigenvalue weighted by Gasteiger charge is -2.16. The number of aliphatic hydroxyl groups is 1. The molecule has 0 fully saturated rings. The maximum atomic E-state index is 12.0. The number of nitrogens with zero attached hydrogens (tertiary/aromatic N) is 1. The van der Waals surface area contributed by atoms with E-state index in [9.17, 15) is 8.42 Å². The van der Waals surface area contributed by atoms with E-state index in [0.29, 0.717) is 19.6 Å². The Morgan fingerprint density at radius 2 is 2.24 bits per heavy atom. The van der Waals surface area contributed by atoms with E-state index >= 15 is 0 Å². The van der Waals surface area contributed by atoms with Crippen LogP contribution < -0.4 is 0 Å². The zero-order valence-corrected chi connectivity index (χ0v) is 14.0. The maximum absolute atomic E-state index is 12.0. The second-order valence-corrected chi connectivity index (χ2v) is 7.47. The van der Waals surface area contributed by atoms with Crippen LogP contribution in [0.1, 0.15) is 23.8 Å². The van der Waals surface area contributed by atoms with Crippen molar-refractivity contribution in [3.05, 3.63) is 21.9 Å². The molecule has 118 valence electrons. The fraction of sp³-hybridized carbons (Fsp3) is 0.571. The molecular weight excluding hydrogens is 310 g/mol. The molecule has 1 heterocycles. The van der Waals surface area contributed by atoms with E-state index in [4.69, 9.17) is 9.84 Å². The second kappa shape index (κ2) is 9.18. The lowest BCUT2D eigenvalue weighted by Crippen LogP contribution is -2.30. The van der Waals surface area contributed by atoms with Crippen molar-refractivity contribution in [3.8, 4) is 11.8 Å². The van der Waals surface area contributed by atoms with Crippen molar-refractivity contribution >= 4 is 21.4 Å². The highest BCUT2D eigenvalue weighted by atomic mass is 32.2. The van der Waals surface area contributed by atoms with E-state index in [1.807, 2.05) is 18.4 Å². The molecule has 0 unspecified atom stereocenters. The molecule has 0 atom stereocenters. The van der Waals surface area contributed by atoms with E-state index in [1.54, 1.807) is 7.05 Å². The quantitative estimate of drug-likeness (QED) is 0.576. The summed E-state index contributed by atoms with van der Waals surface area (Å²) in [6.07, 6.45) is 0.443. The Morgan fingerprint density at radius 1 is 1.48 bits per heavy atom. The van der Waals surface area contributed by atoms with Crippen LogP contribution in [0.25, 0.3) is 0 Å². The predicted octanol–water partition coefficient (Wildman–Crippen LogP) is 1.28. The van der Waals surface area contributed by atoms with Crippen LogP contribution in [0.4, 0.5) is 0 Å². The zero-order chi connectivity index (χ0) is 15.7. The molecule has 5 nitrogen and oxygen atoms in total. The molecular formula is C14H21NO4S2. The molecule has 1 aromatic heterocycles. The Kier molecular flexibility index (Phi) is 7.93. The van der Waals surface area contributed by atoms with Crippen molar-refractivity contribution in [2.24, 2.45) is 0 Å². The molecule has 1 N–H and O–H groups in total. The van der Waals surface area contributed by atoms with Crippen molar-refractivity contribution in [2.75, 3.05) is 32.6 Å². The van der Waals surface area contributed by atoms with E-state index in [0.717, 1.165) is 10.4 Å². The summed E-state index contributed by atoms with van der Waals surface area (Å²) in [5.41, 5.74) is 0.913. The van der Waals surface area contributed by atoms with Crippen LogP contribution in [0.3, 0.4) is 0 Å². The smallest absolute Gasteiger partial charge is 0.216 e. The Labute approximate surface area is 130 Å². The monoisotopic (exact) mass is 331 g/mol. The van der Waals surface area contributed by atoms with Crippen LogP contribution >= 0.6 is 11.3 Å². The molecule has 0 bridgehead atoms. The van der Waals surface area contributed by atoms with E-state index in [2.05, 4.69) is 11.8 Å². The van der Waals surface area contributed by atoms with Gasteiger partial charge in [-0.3, -0.25) is 0 Å². The van der Waals surface area contributed by atoms with Gasteiger partial charge in [0.2, 0.25) is 10.0 Å². The highest BCUT2D eigenvalue weighted by Gasteiger charge is 2.18. The number of sulfonamides is 1. The van der Waals surface area contributed by atoms with Gasteiger partial charge in [0, 0.05) is 26.6 Å². The first-order valence-corrected chi connectivity index (χ1v) is 9.17. The highest BCUT2D eigenvalue weighted by molar-refractivity contribution is 7.89. The van der Waals surface area contributed by atoms with Crippen LogP contribution in [0, 0.1) is 11.8 Å². The van der Waals surface area contributed by atoms with E-state index < -0.39 is 10.0 Å². The third-order valence-corrected chi connectivity index (χ3v) is 5.33. The first kappa shape index (κ1) is 18.1. The largest absolute Gasteiger partial charge is 0.395 e. The first-order valence-electron chi connectivity index (χ1n) is 6.68. The molecule has 0 radical (unpaired) electrons.